The van der Waals surface area contributed by atoms with Crippen LogP contribution in [-0.4, -0.2) is 39.2 Å². The maximum Gasteiger partial charge on any atom is 0.243 e. The zero-order valence-corrected chi connectivity index (χ0v) is 20.9. The number of aromatic nitrogens is 2. The molecule has 3 heterocycles. The molecule has 2 aromatic carbocycles. The molecule has 0 radical (unpaired) electrons. The first-order chi connectivity index (χ1) is 17.6. The second-order valence-corrected chi connectivity index (χ2v) is 9.39. The second-order valence-electron chi connectivity index (χ2n) is 8.95. The van der Waals surface area contributed by atoms with E-state index in [0.717, 1.165) is 39.1 Å². The van der Waals surface area contributed by atoms with Crippen molar-refractivity contribution in [1.29, 1.82) is 0 Å². The van der Waals surface area contributed by atoms with Crippen molar-refractivity contribution < 1.29 is 9.53 Å². The Labute approximate surface area is 215 Å². The van der Waals surface area contributed by atoms with Gasteiger partial charge in [0.25, 0.3) is 0 Å². The smallest absolute Gasteiger partial charge is 0.243 e. The summed E-state index contributed by atoms with van der Waals surface area (Å²) in [6.07, 6.45) is 3.44. The Morgan fingerprint density at radius 2 is 1.97 bits per heavy atom. The number of benzene rings is 2. The van der Waals surface area contributed by atoms with Gasteiger partial charge in [-0.15, -0.1) is 0 Å². The lowest BCUT2D eigenvalue weighted by Gasteiger charge is -2.21. The first-order valence-corrected chi connectivity index (χ1v) is 12.4. The topological polar surface area (TPSA) is 67.7 Å². The normalized spacial score (nSPS) is 16.2. The van der Waals surface area contributed by atoms with Crippen molar-refractivity contribution >= 4 is 34.1 Å². The predicted octanol–water partition coefficient (Wildman–Crippen LogP) is 5.75. The van der Waals surface area contributed by atoms with E-state index < -0.39 is 0 Å². The van der Waals surface area contributed by atoms with E-state index in [4.69, 9.17) is 26.4 Å². The molecule has 7 heteroatoms. The van der Waals surface area contributed by atoms with Crippen molar-refractivity contribution in [3.63, 3.8) is 0 Å². The van der Waals surface area contributed by atoms with Crippen molar-refractivity contribution in [2.45, 2.75) is 38.8 Å². The van der Waals surface area contributed by atoms with Gasteiger partial charge in [-0.1, -0.05) is 54.1 Å². The van der Waals surface area contributed by atoms with Gasteiger partial charge in [-0.2, -0.15) is 5.10 Å². The molecule has 0 saturated carbocycles. The zero-order valence-electron chi connectivity index (χ0n) is 20.1. The second kappa shape index (κ2) is 11.0. The number of nitrogens with zero attached hydrogens (tertiary/aromatic N) is 4. The summed E-state index contributed by atoms with van der Waals surface area (Å²) in [5.41, 5.74) is 5.33. The fourth-order valence-electron chi connectivity index (χ4n) is 4.43. The highest BCUT2D eigenvalue weighted by Crippen LogP contribution is 2.24. The van der Waals surface area contributed by atoms with Gasteiger partial charge in [0.05, 0.1) is 36.2 Å². The Balaban J connectivity index is 1.44. The van der Waals surface area contributed by atoms with Crippen LogP contribution in [0.3, 0.4) is 0 Å². The number of pyridine rings is 2. The maximum absolute atomic E-state index is 12.9. The van der Waals surface area contributed by atoms with Crippen molar-refractivity contribution in [1.82, 2.24) is 15.0 Å². The van der Waals surface area contributed by atoms with E-state index >= 15 is 0 Å². The van der Waals surface area contributed by atoms with Gasteiger partial charge in [0.2, 0.25) is 5.91 Å². The van der Waals surface area contributed by atoms with Gasteiger partial charge in [-0.05, 0) is 54.8 Å². The largest absolute Gasteiger partial charge is 0.375 e. The monoisotopic (exact) mass is 498 g/mol. The van der Waals surface area contributed by atoms with E-state index in [2.05, 4.69) is 4.98 Å². The minimum atomic E-state index is -0.117. The van der Waals surface area contributed by atoms with E-state index in [0.29, 0.717) is 37.5 Å². The van der Waals surface area contributed by atoms with Crippen LogP contribution < -0.4 is 0 Å². The summed E-state index contributed by atoms with van der Waals surface area (Å²) in [7, 11) is 0. The number of aryl methyl sites for hydroxylation is 1. The average molecular weight is 499 g/mol. The Hall–Kier alpha value is -3.61. The maximum atomic E-state index is 12.9. The lowest BCUT2D eigenvalue weighted by atomic mass is 10.0. The number of hydrogen-bond donors (Lipinski definition) is 0. The van der Waals surface area contributed by atoms with Crippen LogP contribution in [0.25, 0.3) is 10.9 Å². The third-order valence-corrected chi connectivity index (χ3v) is 6.52. The van der Waals surface area contributed by atoms with Crippen LogP contribution in [0.2, 0.25) is 5.02 Å². The number of carbonyl (C=O) groups is 1. The summed E-state index contributed by atoms with van der Waals surface area (Å²) in [5, 5.41) is 8.15. The molecule has 0 aliphatic carbocycles. The number of amides is 1. The Morgan fingerprint density at radius 1 is 1.11 bits per heavy atom. The Kier molecular flexibility index (Phi) is 7.35. The lowest BCUT2D eigenvalue weighted by Crippen LogP contribution is -2.33. The minimum absolute atomic E-state index is 0.000155. The van der Waals surface area contributed by atoms with E-state index in [1.165, 1.54) is 0 Å². The zero-order chi connectivity index (χ0) is 24.9. The molecule has 36 heavy (non-hydrogen) atoms. The number of hydrogen-bond acceptors (Lipinski definition) is 5. The van der Waals surface area contributed by atoms with Crippen molar-refractivity contribution in [3.8, 4) is 0 Å². The molecule has 0 bridgehead atoms. The summed E-state index contributed by atoms with van der Waals surface area (Å²) < 4.78 is 5.98. The standard InChI is InChI=1S/C29H27ClN4O2/c1-20-6-5-9-26(32-20)28(16-22-14-15-31-27-17-23(30)10-12-25(22)27)33-34-24(11-13-29(34)35)19-36-18-21-7-3-2-4-8-21/h2-10,12,14-15,17,24H,11,13,16,18-19H2,1H3. The Bertz CT molecular complexity index is 1410. The van der Waals surface area contributed by atoms with Crippen LogP contribution >= 0.6 is 11.6 Å². The van der Waals surface area contributed by atoms with Crippen molar-refractivity contribution in [2.75, 3.05) is 6.61 Å². The summed E-state index contributed by atoms with van der Waals surface area (Å²) in [6.45, 7) is 2.88. The van der Waals surface area contributed by atoms with Gasteiger partial charge in [0, 0.05) is 35.1 Å². The van der Waals surface area contributed by atoms with Crippen molar-refractivity contribution in [2.24, 2.45) is 5.10 Å². The molecule has 1 saturated heterocycles. The third-order valence-electron chi connectivity index (χ3n) is 6.28. The molecule has 6 nitrogen and oxygen atoms in total. The predicted molar refractivity (Wildman–Crippen MR) is 142 cm³/mol. The van der Waals surface area contributed by atoms with Crippen LogP contribution in [0.4, 0.5) is 0 Å². The first kappa shape index (κ1) is 24.1. The molecule has 1 aliphatic rings. The average Bonchev–Trinajstić information content (AvgIpc) is 3.23. The molecule has 182 valence electrons. The highest BCUT2D eigenvalue weighted by molar-refractivity contribution is 6.31. The van der Waals surface area contributed by atoms with Crippen LogP contribution in [0.5, 0.6) is 0 Å². The number of fused-ring (bicyclic) bond motifs is 1. The Morgan fingerprint density at radius 3 is 2.81 bits per heavy atom. The quantitative estimate of drug-likeness (QED) is 0.290. The van der Waals surface area contributed by atoms with Crippen LogP contribution in [0, 0.1) is 6.92 Å². The summed E-state index contributed by atoms with van der Waals surface area (Å²) in [4.78, 5) is 22.1. The number of hydrazone groups is 1. The van der Waals surface area contributed by atoms with Crippen LogP contribution in [0.1, 0.15) is 35.4 Å². The van der Waals surface area contributed by atoms with Gasteiger partial charge in [0.1, 0.15) is 0 Å². The van der Waals surface area contributed by atoms with E-state index in [1.807, 2.05) is 79.7 Å². The van der Waals surface area contributed by atoms with Crippen LogP contribution in [0.15, 0.2) is 84.1 Å². The summed E-state index contributed by atoms with van der Waals surface area (Å²) in [6, 6.07) is 23.4. The van der Waals surface area contributed by atoms with Gasteiger partial charge in [-0.3, -0.25) is 14.8 Å². The molecule has 0 N–H and O–H groups in total. The number of carbonyl (C=O) groups excluding carboxylic acids is 1. The molecule has 4 aromatic rings. The highest BCUT2D eigenvalue weighted by atomic mass is 35.5. The van der Waals surface area contributed by atoms with E-state index in [1.54, 1.807) is 11.2 Å². The molecular formula is C29H27ClN4O2. The first-order valence-electron chi connectivity index (χ1n) is 12.1. The molecule has 0 spiro atoms. The van der Waals surface area contributed by atoms with Gasteiger partial charge in [-0.25, -0.2) is 5.01 Å². The third kappa shape index (κ3) is 5.61. The molecule has 1 amide bonds. The van der Waals surface area contributed by atoms with E-state index in [9.17, 15) is 4.79 Å². The summed E-state index contributed by atoms with van der Waals surface area (Å²) in [5.74, 6) is -0.000155. The van der Waals surface area contributed by atoms with Crippen molar-refractivity contribution in [3.05, 3.63) is 107 Å². The summed E-state index contributed by atoms with van der Waals surface area (Å²) >= 11 is 6.19. The molecule has 1 atom stereocenters. The molecular weight excluding hydrogens is 472 g/mol. The van der Waals surface area contributed by atoms with Gasteiger partial charge in [0.15, 0.2) is 0 Å². The molecule has 1 unspecified atom stereocenters. The highest BCUT2D eigenvalue weighted by Gasteiger charge is 2.32. The fraction of sp³-hybridized carbons (Fsp3) is 0.241. The molecule has 2 aromatic heterocycles. The fourth-order valence-corrected chi connectivity index (χ4v) is 4.60. The molecule has 5 rings (SSSR count). The van der Waals surface area contributed by atoms with Crippen LogP contribution in [-0.2, 0) is 22.6 Å². The van der Waals surface area contributed by atoms with E-state index in [-0.39, 0.29) is 11.9 Å². The number of ether oxygens (including phenoxy) is 1. The van der Waals surface area contributed by atoms with Gasteiger partial charge < -0.3 is 4.74 Å². The SMILES string of the molecule is Cc1cccc(C(Cc2ccnc3cc(Cl)ccc23)=NN2C(=O)CCC2COCc2ccccc2)n1. The van der Waals surface area contributed by atoms with Gasteiger partial charge >= 0.3 is 0 Å². The minimum Gasteiger partial charge on any atom is -0.375 e. The molecule has 1 fully saturated rings. The molecule has 1 aliphatic heterocycles. The number of halogens is 1. The number of rotatable bonds is 8. The lowest BCUT2D eigenvalue weighted by molar-refractivity contribution is -0.129.